The highest BCUT2D eigenvalue weighted by molar-refractivity contribution is 6.18. The van der Waals surface area contributed by atoms with Crippen molar-refractivity contribution in [3.8, 4) is 5.75 Å². The molecular formula is C57H73F3N12O9. The maximum absolute atomic E-state index is 14.1. The van der Waals surface area contributed by atoms with Crippen molar-refractivity contribution in [3.63, 3.8) is 0 Å². The van der Waals surface area contributed by atoms with Gasteiger partial charge in [-0.25, -0.2) is 9.97 Å². The lowest BCUT2D eigenvalue weighted by Gasteiger charge is -2.40. The van der Waals surface area contributed by atoms with Crippen LogP contribution < -0.4 is 43.2 Å². The second-order valence-electron chi connectivity index (χ2n) is 21.0. The summed E-state index contributed by atoms with van der Waals surface area (Å²) in [6.45, 7) is 7.20. The molecule has 0 spiro atoms. The molecule has 6 amide bonds. The first-order chi connectivity index (χ1) is 38.4. The number of ether oxygens (including phenoxy) is 3. The number of nitrogen functional groups attached to an aromatic ring is 1. The van der Waals surface area contributed by atoms with Crippen LogP contribution in [-0.4, -0.2) is 138 Å². The predicted molar refractivity (Wildman–Crippen MR) is 299 cm³/mol. The van der Waals surface area contributed by atoms with E-state index in [4.69, 9.17) is 31.4 Å². The SMILES string of the molecule is CN[C@@H](C)C(=O)N[C@H](C(=O)N1Cc2cc(OCCOCCOCC(=O)N(CC/C=C/c3cnc(N)c(C(=N)c4ccc(C(=O)Nc5cc(C(F)(F)F)ccn5)cc4)c3NC3CCCCC3)CC(N)=O)ccc2C[C@H]1C(N)=O)C(C)(C)C. The van der Waals surface area contributed by atoms with E-state index in [0.717, 1.165) is 61.6 Å². The van der Waals surface area contributed by atoms with E-state index in [1.807, 2.05) is 26.8 Å². The summed E-state index contributed by atoms with van der Waals surface area (Å²) in [6, 6.07) is 10.5. The molecule has 11 N–H and O–H groups in total. The van der Waals surface area contributed by atoms with E-state index < -0.39 is 64.8 Å². The Labute approximate surface area is 468 Å². The van der Waals surface area contributed by atoms with E-state index in [9.17, 15) is 47.3 Å². The number of aromatic nitrogens is 2. The van der Waals surface area contributed by atoms with Crippen LogP contribution in [0.4, 0.5) is 30.5 Å². The Balaban J connectivity index is 1.00. The van der Waals surface area contributed by atoms with Gasteiger partial charge in [0.05, 0.1) is 54.9 Å². The molecule has 2 aliphatic rings. The number of hydrogen-bond donors (Lipinski definition) is 8. The van der Waals surface area contributed by atoms with Gasteiger partial charge in [0, 0.05) is 54.6 Å². The van der Waals surface area contributed by atoms with Gasteiger partial charge in [0.25, 0.3) is 5.91 Å². The fourth-order valence-electron chi connectivity index (χ4n) is 9.28. The number of primary amides is 2. The molecule has 2 aromatic heterocycles. The van der Waals surface area contributed by atoms with Crippen molar-refractivity contribution in [3.05, 3.63) is 112 Å². The van der Waals surface area contributed by atoms with Gasteiger partial charge in [-0.1, -0.05) is 70.4 Å². The molecule has 1 fully saturated rings. The van der Waals surface area contributed by atoms with Crippen LogP contribution in [0.25, 0.3) is 6.08 Å². The van der Waals surface area contributed by atoms with Crippen LogP contribution in [0.3, 0.4) is 0 Å². The monoisotopic (exact) mass is 1130 g/mol. The van der Waals surface area contributed by atoms with Crippen LogP contribution in [0, 0.1) is 10.8 Å². The number of likely N-dealkylation sites (N-methyl/N-ethyl adjacent to an activating group) is 1. The van der Waals surface area contributed by atoms with Gasteiger partial charge in [-0.3, -0.25) is 34.2 Å². The maximum Gasteiger partial charge on any atom is 0.416 e. The molecule has 2 aromatic carbocycles. The minimum atomic E-state index is -4.62. The Bertz CT molecular complexity index is 2930. The topological polar surface area (TPSA) is 312 Å². The highest BCUT2D eigenvalue weighted by atomic mass is 19.4. The zero-order chi connectivity index (χ0) is 59.0. The van der Waals surface area contributed by atoms with Crippen LogP contribution in [0.2, 0.25) is 0 Å². The van der Waals surface area contributed by atoms with Gasteiger partial charge in [0.2, 0.25) is 29.5 Å². The Hall–Kier alpha value is -7.96. The van der Waals surface area contributed by atoms with E-state index in [2.05, 4.69) is 31.2 Å². The molecule has 1 saturated carbocycles. The Morgan fingerprint density at radius 2 is 1.59 bits per heavy atom. The van der Waals surface area contributed by atoms with E-state index >= 15 is 0 Å². The lowest BCUT2D eigenvalue weighted by atomic mass is 9.84. The summed E-state index contributed by atoms with van der Waals surface area (Å²) >= 11 is 0. The number of nitrogens with two attached hydrogens (primary N) is 3. The van der Waals surface area contributed by atoms with Crippen molar-refractivity contribution in [2.75, 3.05) is 69.5 Å². The van der Waals surface area contributed by atoms with Gasteiger partial charge in [0.15, 0.2) is 0 Å². The summed E-state index contributed by atoms with van der Waals surface area (Å²) in [6.07, 6.45) is 6.90. The number of nitrogens with zero attached hydrogens (tertiary/aromatic N) is 4. The number of carbonyl (C=O) groups excluding carboxylic acids is 6. The summed E-state index contributed by atoms with van der Waals surface area (Å²) < 4.78 is 57.0. The first-order valence-corrected chi connectivity index (χ1v) is 26.7. The van der Waals surface area contributed by atoms with Gasteiger partial charge >= 0.3 is 6.18 Å². The van der Waals surface area contributed by atoms with E-state index in [1.165, 1.54) is 34.1 Å². The molecule has 4 aromatic rings. The minimum Gasteiger partial charge on any atom is -0.491 e. The molecule has 3 heterocycles. The summed E-state index contributed by atoms with van der Waals surface area (Å²) in [4.78, 5) is 88.8. The number of pyridine rings is 2. The van der Waals surface area contributed by atoms with Gasteiger partial charge in [-0.05, 0) is 86.2 Å². The molecule has 0 saturated heterocycles. The molecule has 81 heavy (non-hydrogen) atoms. The average Bonchev–Trinajstić information content (AvgIpc) is 3.46. The third kappa shape index (κ3) is 17.5. The zero-order valence-electron chi connectivity index (χ0n) is 46.3. The summed E-state index contributed by atoms with van der Waals surface area (Å²) in [5.74, 6) is -3.00. The molecule has 3 atom stereocenters. The lowest BCUT2D eigenvalue weighted by molar-refractivity contribution is -0.146. The first kappa shape index (κ1) is 62.2. The summed E-state index contributed by atoms with van der Waals surface area (Å²) in [5.41, 5.74) is 19.8. The normalized spacial score (nSPS) is 15.5. The number of rotatable bonds is 26. The predicted octanol–water partition coefficient (Wildman–Crippen LogP) is 5.20. The molecule has 0 radical (unpaired) electrons. The smallest absolute Gasteiger partial charge is 0.416 e. The highest BCUT2D eigenvalue weighted by Gasteiger charge is 2.42. The summed E-state index contributed by atoms with van der Waals surface area (Å²) in [7, 11) is 1.64. The van der Waals surface area contributed by atoms with Crippen LogP contribution in [0.5, 0.6) is 5.75 Å². The van der Waals surface area contributed by atoms with Crippen molar-refractivity contribution in [2.24, 2.45) is 16.9 Å². The van der Waals surface area contributed by atoms with E-state index in [0.29, 0.717) is 34.5 Å². The largest absolute Gasteiger partial charge is 0.491 e. The molecule has 6 rings (SSSR count). The minimum absolute atomic E-state index is 0.00426. The van der Waals surface area contributed by atoms with Crippen LogP contribution in [-0.2, 0) is 52.6 Å². The van der Waals surface area contributed by atoms with E-state index in [1.54, 1.807) is 44.5 Å². The van der Waals surface area contributed by atoms with Crippen molar-refractivity contribution in [1.82, 2.24) is 30.4 Å². The molecule has 436 valence electrons. The zero-order valence-corrected chi connectivity index (χ0v) is 46.3. The number of nitrogens with one attached hydrogen (secondary N) is 5. The van der Waals surface area contributed by atoms with Crippen molar-refractivity contribution >= 4 is 64.6 Å². The second kappa shape index (κ2) is 28.5. The lowest BCUT2D eigenvalue weighted by Crippen LogP contribution is -2.61. The Morgan fingerprint density at radius 3 is 2.26 bits per heavy atom. The molecule has 0 unspecified atom stereocenters. The number of halogens is 3. The number of hydrogen-bond acceptors (Lipinski definition) is 15. The molecule has 1 aliphatic heterocycles. The van der Waals surface area contributed by atoms with Gasteiger partial charge < -0.3 is 62.5 Å². The number of alkyl halides is 3. The molecule has 21 nitrogen and oxygen atoms in total. The van der Waals surface area contributed by atoms with Gasteiger partial charge in [-0.2, -0.15) is 13.2 Å². The number of fused-ring (bicyclic) bond motifs is 1. The summed E-state index contributed by atoms with van der Waals surface area (Å²) in [5, 5.41) is 21.0. The first-order valence-electron chi connectivity index (χ1n) is 26.7. The number of carbonyl (C=O) groups is 6. The number of benzene rings is 2. The quantitative estimate of drug-likeness (QED) is 0.0296. The van der Waals surface area contributed by atoms with Crippen LogP contribution in [0.1, 0.15) is 110 Å². The number of amides is 6. The van der Waals surface area contributed by atoms with Crippen LogP contribution in [0.15, 0.2) is 73.1 Å². The third-order valence-corrected chi connectivity index (χ3v) is 13.9. The molecular weight excluding hydrogens is 1050 g/mol. The highest BCUT2D eigenvalue weighted by Crippen LogP contribution is 2.34. The standard InChI is InChI=1S/C57H73F3N12O9/c1-34(65-5)53(76)70-50(56(2,3)4)55(78)72-31-39-27-42(19-18-37(39)28-43(72)52(64)75)81-26-25-79-23-24-80-33-46(74)71(32-44(61)73)22-10-9-11-38-30-67-51(63)47(49(38)68-41-12-7-6-8-13-41)48(62)35-14-16-36(17-15-35)54(77)69-45-29-40(20-21-66-45)57(58,59)60/h9,11,14-21,27,29-30,34,41,43,50,62,65H,6-8,10,12-13,22-26,28,31-33H2,1-5H3,(H2,61,73)(H2,64,75)(H,70,76)(H3,63,67,68)(H,66,69,77)/b11-9+,62-48?/t34-,43-,50+/m0/s1. The number of anilines is 3. The van der Waals surface area contributed by atoms with Crippen molar-refractivity contribution < 1.29 is 56.1 Å². The Kier molecular flexibility index (Phi) is 21.9. The third-order valence-electron chi connectivity index (χ3n) is 13.9. The fourth-order valence-corrected chi connectivity index (χ4v) is 9.28. The van der Waals surface area contributed by atoms with Gasteiger partial charge in [0.1, 0.15) is 42.7 Å². The van der Waals surface area contributed by atoms with Crippen LogP contribution >= 0.6 is 0 Å². The molecule has 24 heteroatoms. The molecule has 1 aliphatic carbocycles. The van der Waals surface area contributed by atoms with E-state index in [-0.39, 0.29) is 93.9 Å². The average molecular weight is 1130 g/mol. The van der Waals surface area contributed by atoms with Gasteiger partial charge in [-0.15, -0.1) is 0 Å². The van der Waals surface area contributed by atoms with Crippen molar-refractivity contribution in [1.29, 1.82) is 5.41 Å². The second-order valence-corrected chi connectivity index (χ2v) is 21.0. The fraction of sp³-hybridized carbons (Fsp3) is 0.456. The maximum atomic E-state index is 14.1. The van der Waals surface area contributed by atoms with Crippen molar-refractivity contribution in [2.45, 2.75) is 110 Å². The molecule has 0 bridgehead atoms. The Morgan fingerprint density at radius 1 is 0.901 bits per heavy atom.